The summed E-state index contributed by atoms with van der Waals surface area (Å²) in [6, 6.07) is 7.45. The molecule has 3 heteroatoms. The molecule has 0 aromatic heterocycles. The normalized spacial score (nSPS) is 14.2. The number of rotatable bonds is 1. The second kappa shape index (κ2) is 2.99. The second-order valence-corrected chi connectivity index (χ2v) is 2.82. The van der Waals surface area contributed by atoms with Crippen molar-refractivity contribution in [2.75, 3.05) is 0 Å². The van der Waals surface area contributed by atoms with Crippen LogP contribution in [0.3, 0.4) is 0 Å². The monoisotopic (exact) mass is 177 g/mol. The lowest BCUT2D eigenvalue weighted by Gasteiger charge is -1.98. The van der Waals surface area contributed by atoms with E-state index in [2.05, 4.69) is 10.3 Å². The Hall–Kier alpha value is -1.28. The molecule has 0 aliphatic carbocycles. The lowest BCUT2D eigenvalue weighted by atomic mass is 10.2. The van der Waals surface area contributed by atoms with Crippen molar-refractivity contribution >= 4 is 17.4 Å². The highest BCUT2D eigenvalue weighted by molar-refractivity contribution is 6.30. The molecular weight excluding hydrogens is 172 g/mol. The summed E-state index contributed by atoms with van der Waals surface area (Å²) < 4.78 is 0. The number of hydrogen-bond donors (Lipinski definition) is 0. The number of benzene rings is 1. The van der Waals surface area contributed by atoms with Crippen molar-refractivity contribution in [3.05, 3.63) is 47.3 Å². The van der Waals surface area contributed by atoms with Gasteiger partial charge in [0.2, 0.25) is 0 Å². The first-order valence-corrected chi connectivity index (χ1v) is 3.94. The Labute approximate surface area is 75.6 Å². The van der Waals surface area contributed by atoms with Gasteiger partial charge in [0.1, 0.15) is 0 Å². The van der Waals surface area contributed by atoms with Gasteiger partial charge < -0.3 is 0 Å². The fourth-order valence-corrected chi connectivity index (χ4v) is 1.12. The van der Waals surface area contributed by atoms with E-state index in [1.165, 1.54) is 0 Å². The minimum atomic E-state index is 0.727. The third kappa shape index (κ3) is 1.34. The Morgan fingerprint density at radius 3 is 2.33 bits per heavy atom. The van der Waals surface area contributed by atoms with Crippen LogP contribution in [0.2, 0.25) is 5.02 Å². The zero-order valence-electron chi connectivity index (χ0n) is 6.24. The van der Waals surface area contributed by atoms with Crippen LogP contribution < -0.4 is 5.32 Å². The first kappa shape index (κ1) is 7.37. The van der Waals surface area contributed by atoms with Crippen molar-refractivity contribution in [1.82, 2.24) is 5.32 Å². The average molecular weight is 178 g/mol. The smallest absolute Gasteiger partial charge is 0.159 e. The van der Waals surface area contributed by atoms with Gasteiger partial charge in [0.25, 0.3) is 0 Å². The zero-order chi connectivity index (χ0) is 8.39. The first-order chi connectivity index (χ1) is 5.86. The minimum absolute atomic E-state index is 0.727. The van der Waals surface area contributed by atoms with Gasteiger partial charge in [0, 0.05) is 23.0 Å². The molecule has 0 saturated carbocycles. The zero-order valence-corrected chi connectivity index (χ0v) is 6.99. The van der Waals surface area contributed by atoms with Gasteiger partial charge in [-0.15, -0.1) is 0 Å². The van der Waals surface area contributed by atoms with Crippen molar-refractivity contribution in [3.63, 3.8) is 0 Å². The molecule has 2 rings (SSSR count). The molecule has 0 saturated heterocycles. The molecule has 12 heavy (non-hydrogen) atoms. The van der Waals surface area contributed by atoms with Gasteiger partial charge in [-0.3, -0.25) is 0 Å². The molecule has 0 amide bonds. The van der Waals surface area contributed by atoms with Crippen molar-refractivity contribution in [2.24, 2.45) is 4.99 Å². The van der Waals surface area contributed by atoms with E-state index in [-0.39, 0.29) is 0 Å². The van der Waals surface area contributed by atoms with Crippen LogP contribution in [0.5, 0.6) is 0 Å². The van der Waals surface area contributed by atoms with Crippen molar-refractivity contribution in [1.29, 1.82) is 0 Å². The van der Waals surface area contributed by atoms with Crippen LogP contribution in [0.1, 0.15) is 5.56 Å². The summed E-state index contributed by atoms with van der Waals surface area (Å²) in [6.45, 7) is 0. The summed E-state index contributed by atoms with van der Waals surface area (Å²) in [7, 11) is 0. The average Bonchev–Trinajstić information content (AvgIpc) is 2.58. The fraction of sp³-hybridized carbons (Fsp3) is 0. The molecule has 0 unspecified atom stereocenters. The maximum Gasteiger partial charge on any atom is 0.159 e. The van der Waals surface area contributed by atoms with Gasteiger partial charge in [0.15, 0.2) is 5.84 Å². The third-order valence-corrected chi connectivity index (χ3v) is 1.81. The summed E-state index contributed by atoms with van der Waals surface area (Å²) in [5.41, 5.74) is 0.990. The van der Waals surface area contributed by atoms with Crippen molar-refractivity contribution in [2.45, 2.75) is 0 Å². The predicted octanol–water partition coefficient (Wildman–Crippen LogP) is 2.18. The molecule has 1 aliphatic rings. The molecule has 0 atom stereocenters. The van der Waals surface area contributed by atoms with Gasteiger partial charge in [0.05, 0.1) is 0 Å². The lowest BCUT2D eigenvalue weighted by Crippen LogP contribution is -2.07. The number of hydrogen-bond acceptors (Lipinski definition) is 1. The van der Waals surface area contributed by atoms with Gasteiger partial charge in [-0.25, -0.2) is 10.3 Å². The second-order valence-electron chi connectivity index (χ2n) is 2.39. The lowest BCUT2D eigenvalue weighted by molar-refractivity contribution is 1.29. The molecule has 2 nitrogen and oxygen atoms in total. The Balaban J connectivity index is 2.30. The van der Waals surface area contributed by atoms with Gasteiger partial charge >= 0.3 is 0 Å². The number of aliphatic imine (C=N–C) groups is 1. The van der Waals surface area contributed by atoms with E-state index >= 15 is 0 Å². The van der Waals surface area contributed by atoms with E-state index in [0.717, 1.165) is 16.4 Å². The van der Waals surface area contributed by atoms with Crippen LogP contribution in [0.15, 0.2) is 41.7 Å². The summed E-state index contributed by atoms with van der Waals surface area (Å²) in [4.78, 5) is 4.06. The molecule has 1 aliphatic heterocycles. The predicted molar refractivity (Wildman–Crippen MR) is 49.3 cm³/mol. The van der Waals surface area contributed by atoms with Crippen LogP contribution in [0.25, 0.3) is 0 Å². The van der Waals surface area contributed by atoms with Crippen LogP contribution in [0.4, 0.5) is 0 Å². The highest BCUT2D eigenvalue weighted by Crippen LogP contribution is 2.11. The minimum Gasteiger partial charge on any atom is -0.235 e. The van der Waals surface area contributed by atoms with E-state index in [1.807, 2.05) is 24.3 Å². The first-order valence-electron chi connectivity index (χ1n) is 3.56. The van der Waals surface area contributed by atoms with Crippen LogP contribution in [-0.4, -0.2) is 5.84 Å². The Kier molecular flexibility index (Phi) is 1.84. The molecule has 1 radical (unpaired) electrons. The van der Waals surface area contributed by atoms with Crippen molar-refractivity contribution < 1.29 is 0 Å². The fourth-order valence-electron chi connectivity index (χ4n) is 0.989. The summed E-state index contributed by atoms with van der Waals surface area (Å²) in [5.74, 6) is 0.742. The molecule has 59 valence electrons. The Bertz CT molecular complexity index is 338. The summed E-state index contributed by atoms with van der Waals surface area (Å²) >= 11 is 5.73. The summed E-state index contributed by atoms with van der Waals surface area (Å²) in [6.07, 6.45) is 3.34. The molecule has 1 aromatic carbocycles. The molecular formula is C9H6ClN2. The third-order valence-electron chi connectivity index (χ3n) is 1.56. The molecule has 1 heterocycles. The van der Waals surface area contributed by atoms with E-state index in [9.17, 15) is 0 Å². The van der Waals surface area contributed by atoms with Gasteiger partial charge in [-0.2, -0.15) is 0 Å². The van der Waals surface area contributed by atoms with Crippen LogP contribution in [-0.2, 0) is 0 Å². The van der Waals surface area contributed by atoms with E-state index in [0.29, 0.717) is 0 Å². The highest BCUT2D eigenvalue weighted by atomic mass is 35.5. The van der Waals surface area contributed by atoms with Gasteiger partial charge in [-0.05, 0) is 24.3 Å². The molecule has 0 bridgehead atoms. The van der Waals surface area contributed by atoms with E-state index in [1.54, 1.807) is 12.4 Å². The molecule has 0 spiro atoms. The maximum atomic E-state index is 5.73. The SMILES string of the molecule is Clc1ccc(C2=NC=C[N]2)cc1. The topological polar surface area (TPSA) is 26.5 Å². The van der Waals surface area contributed by atoms with Gasteiger partial charge in [-0.1, -0.05) is 11.6 Å². The van der Waals surface area contributed by atoms with Crippen LogP contribution in [0, 0.1) is 0 Å². The Morgan fingerprint density at radius 1 is 1.00 bits per heavy atom. The summed E-state index contributed by atoms with van der Waals surface area (Å²) in [5, 5.41) is 4.79. The van der Waals surface area contributed by atoms with Crippen molar-refractivity contribution in [3.8, 4) is 0 Å². The molecule has 0 N–H and O–H groups in total. The number of amidine groups is 1. The Morgan fingerprint density at radius 2 is 1.75 bits per heavy atom. The maximum absolute atomic E-state index is 5.73. The molecule has 0 fully saturated rings. The molecule has 1 aromatic rings. The quantitative estimate of drug-likeness (QED) is 0.629. The highest BCUT2D eigenvalue weighted by Gasteiger charge is 2.04. The van der Waals surface area contributed by atoms with E-state index < -0.39 is 0 Å². The number of nitrogens with zero attached hydrogens (tertiary/aromatic N) is 2. The standard InChI is InChI=1S/C9H6ClN2/c10-8-3-1-7(2-4-8)9-11-5-6-12-9/h1-6H. The van der Waals surface area contributed by atoms with E-state index in [4.69, 9.17) is 11.6 Å². The largest absolute Gasteiger partial charge is 0.235 e. The number of halogens is 1. The van der Waals surface area contributed by atoms with Crippen LogP contribution >= 0.6 is 11.6 Å².